The van der Waals surface area contributed by atoms with Gasteiger partial charge >= 0.3 is 0 Å². The van der Waals surface area contributed by atoms with Crippen LogP contribution in [-0.2, 0) is 13.5 Å². The van der Waals surface area contributed by atoms with Crippen molar-refractivity contribution in [1.82, 2.24) is 14.8 Å². The molecule has 0 spiro atoms. The van der Waals surface area contributed by atoms with Gasteiger partial charge in [0.05, 0.1) is 4.92 Å². The van der Waals surface area contributed by atoms with Crippen LogP contribution in [0.5, 0.6) is 0 Å². The highest BCUT2D eigenvalue weighted by Crippen LogP contribution is 2.20. The molecule has 0 unspecified atom stereocenters. The molecule has 0 saturated heterocycles. The first-order valence-electron chi connectivity index (χ1n) is 5.89. The van der Waals surface area contributed by atoms with Gasteiger partial charge in [0.1, 0.15) is 6.33 Å². The van der Waals surface area contributed by atoms with Crippen molar-refractivity contribution in [3.63, 3.8) is 0 Å². The van der Waals surface area contributed by atoms with Gasteiger partial charge in [-0.05, 0) is 18.6 Å². The molecular formula is C12H15N5O2. The monoisotopic (exact) mass is 261 g/mol. The minimum Gasteiger partial charge on any atom is -0.384 e. The Labute approximate surface area is 110 Å². The number of anilines is 1. The first-order valence-corrected chi connectivity index (χ1v) is 5.89. The summed E-state index contributed by atoms with van der Waals surface area (Å²) in [5, 5.41) is 18.0. The molecule has 0 bridgehead atoms. The lowest BCUT2D eigenvalue weighted by molar-refractivity contribution is -0.384. The standard InChI is InChI=1S/C12H15N5O2/c1-9-7-10(17(18)19)3-4-11(9)13-6-5-12-14-8-16(2)15-12/h3-4,7-8,13H,5-6H2,1-2H3. The normalized spacial score (nSPS) is 10.4. The fourth-order valence-electron chi connectivity index (χ4n) is 1.77. The summed E-state index contributed by atoms with van der Waals surface area (Å²) in [5.41, 5.74) is 1.85. The minimum absolute atomic E-state index is 0.106. The van der Waals surface area contributed by atoms with E-state index in [0.717, 1.165) is 17.1 Å². The van der Waals surface area contributed by atoms with E-state index in [1.807, 2.05) is 14.0 Å². The molecule has 0 amide bonds. The van der Waals surface area contributed by atoms with Crippen LogP contribution in [0.3, 0.4) is 0 Å². The van der Waals surface area contributed by atoms with E-state index in [1.165, 1.54) is 6.07 Å². The molecule has 1 aromatic carbocycles. The van der Waals surface area contributed by atoms with Gasteiger partial charge < -0.3 is 5.32 Å². The molecule has 0 radical (unpaired) electrons. The van der Waals surface area contributed by atoms with Gasteiger partial charge in [0.2, 0.25) is 0 Å². The van der Waals surface area contributed by atoms with Crippen LogP contribution in [0.4, 0.5) is 11.4 Å². The second-order valence-electron chi connectivity index (χ2n) is 4.27. The van der Waals surface area contributed by atoms with Crippen molar-refractivity contribution < 1.29 is 4.92 Å². The zero-order valence-electron chi connectivity index (χ0n) is 10.8. The summed E-state index contributed by atoms with van der Waals surface area (Å²) in [6.07, 6.45) is 2.36. The molecule has 19 heavy (non-hydrogen) atoms. The van der Waals surface area contributed by atoms with E-state index >= 15 is 0 Å². The van der Waals surface area contributed by atoms with Crippen molar-refractivity contribution in [2.24, 2.45) is 7.05 Å². The summed E-state index contributed by atoms with van der Waals surface area (Å²) in [7, 11) is 1.82. The van der Waals surface area contributed by atoms with E-state index in [9.17, 15) is 10.1 Å². The van der Waals surface area contributed by atoms with Crippen molar-refractivity contribution >= 4 is 11.4 Å². The van der Waals surface area contributed by atoms with Crippen LogP contribution in [0.1, 0.15) is 11.4 Å². The molecule has 1 aromatic heterocycles. The summed E-state index contributed by atoms with van der Waals surface area (Å²) in [4.78, 5) is 14.4. The molecule has 1 heterocycles. The maximum absolute atomic E-state index is 10.6. The third-order valence-electron chi connectivity index (χ3n) is 2.73. The lowest BCUT2D eigenvalue weighted by Crippen LogP contribution is -2.07. The number of hydrogen-bond acceptors (Lipinski definition) is 5. The third kappa shape index (κ3) is 3.27. The Hall–Kier alpha value is -2.44. The van der Waals surface area contributed by atoms with E-state index in [2.05, 4.69) is 15.4 Å². The Morgan fingerprint density at radius 3 is 2.84 bits per heavy atom. The quantitative estimate of drug-likeness (QED) is 0.653. The average Bonchev–Trinajstić information content (AvgIpc) is 2.77. The maximum atomic E-state index is 10.6. The van der Waals surface area contributed by atoms with Gasteiger partial charge in [-0.1, -0.05) is 0 Å². The number of rotatable bonds is 5. The molecule has 0 aliphatic heterocycles. The average molecular weight is 261 g/mol. The molecule has 0 fully saturated rings. The zero-order chi connectivity index (χ0) is 13.8. The second kappa shape index (κ2) is 5.47. The molecule has 2 rings (SSSR count). The highest BCUT2D eigenvalue weighted by molar-refractivity contribution is 5.55. The number of aromatic nitrogens is 3. The molecule has 0 aliphatic rings. The van der Waals surface area contributed by atoms with Crippen LogP contribution >= 0.6 is 0 Å². The lowest BCUT2D eigenvalue weighted by Gasteiger charge is -2.08. The van der Waals surface area contributed by atoms with Crippen LogP contribution < -0.4 is 5.32 Å². The molecule has 2 aromatic rings. The van der Waals surface area contributed by atoms with Gasteiger partial charge in [0, 0.05) is 37.8 Å². The first-order chi connectivity index (χ1) is 9.06. The molecule has 0 saturated carbocycles. The van der Waals surface area contributed by atoms with E-state index in [4.69, 9.17) is 0 Å². The van der Waals surface area contributed by atoms with Crippen molar-refractivity contribution in [3.05, 3.63) is 46.0 Å². The molecule has 7 nitrogen and oxygen atoms in total. The summed E-state index contributed by atoms with van der Waals surface area (Å²) in [6.45, 7) is 2.52. The van der Waals surface area contributed by atoms with Crippen molar-refractivity contribution in [1.29, 1.82) is 0 Å². The Kier molecular flexibility index (Phi) is 3.74. The number of hydrogen-bond donors (Lipinski definition) is 1. The van der Waals surface area contributed by atoms with Crippen LogP contribution in [0.2, 0.25) is 0 Å². The highest BCUT2D eigenvalue weighted by atomic mass is 16.6. The molecule has 0 aliphatic carbocycles. The first kappa shape index (κ1) is 13.0. The fraction of sp³-hybridized carbons (Fsp3) is 0.333. The van der Waals surface area contributed by atoms with E-state index in [0.29, 0.717) is 13.0 Å². The highest BCUT2D eigenvalue weighted by Gasteiger charge is 2.07. The molecule has 100 valence electrons. The van der Waals surface area contributed by atoms with Crippen LogP contribution in [0, 0.1) is 17.0 Å². The zero-order valence-corrected chi connectivity index (χ0v) is 10.8. The summed E-state index contributed by atoms with van der Waals surface area (Å²) >= 11 is 0. The number of aryl methyl sites for hydroxylation is 2. The Morgan fingerprint density at radius 2 is 2.26 bits per heavy atom. The van der Waals surface area contributed by atoms with Crippen molar-refractivity contribution in [2.75, 3.05) is 11.9 Å². The molecule has 1 N–H and O–H groups in total. The second-order valence-corrected chi connectivity index (χ2v) is 4.27. The fourth-order valence-corrected chi connectivity index (χ4v) is 1.77. The van der Waals surface area contributed by atoms with Crippen LogP contribution in [0.15, 0.2) is 24.5 Å². The topological polar surface area (TPSA) is 85.9 Å². The predicted molar refractivity (Wildman–Crippen MR) is 71.0 cm³/mol. The number of nitro benzene ring substituents is 1. The van der Waals surface area contributed by atoms with Crippen molar-refractivity contribution in [3.8, 4) is 0 Å². The van der Waals surface area contributed by atoms with Gasteiger partial charge in [0.15, 0.2) is 5.82 Å². The number of nitrogens with zero attached hydrogens (tertiary/aromatic N) is 4. The summed E-state index contributed by atoms with van der Waals surface area (Å²) < 4.78 is 1.66. The predicted octanol–water partition coefficient (Wildman–Crippen LogP) is 1.69. The van der Waals surface area contributed by atoms with Gasteiger partial charge in [-0.15, -0.1) is 0 Å². The summed E-state index contributed by atoms with van der Waals surface area (Å²) in [5.74, 6) is 0.773. The molecule has 7 heteroatoms. The summed E-state index contributed by atoms with van der Waals surface area (Å²) in [6, 6.07) is 4.77. The van der Waals surface area contributed by atoms with Gasteiger partial charge in [0.25, 0.3) is 5.69 Å². The van der Waals surface area contributed by atoms with Crippen LogP contribution in [0.25, 0.3) is 0 Å². The van der Waals surface area contributed by atoms with Crippen molar-refractivity contribution in [2.45, 2.75) is 13.3 Å². The van der Waals surface area contributed by atoms with Crippen LogP contribution in [-0.4, -0.2) is 26.2 Å². The van der Waals surface area contributed by atoms with Gasteiger partial charge in [-0.25, -0.2) is 4.98 Å². The maximum Gasteiger partial charge on any atom is 0.269 e. The lowest BCUT2D eigenvalue weighted by atomic mass is 10.2. The molecular weight excluding hydrogens is 246 g/mol. The molecule has 0 atom stereocenters. The largest absolute Gasteiger partial charge is 0.384 e. The van der Waals surface area contributed by atoms with Gasteiger partial charge in [-0.2, -0.15) is 5.10 Å². The Bertz CT molecular complexity index is 594. The number of non-ortho nitro benzene ring substituents is 1. The Morgan fingerprint density at radius 1 is 1.47 bits per heavy atom. The SMILES string of the molecule is Cc1cc([N+](=O)[O-])ccc1NCCc1ncn(C)n1. The van der Waals surface area contributed by atoms with E-state index < -0.39 is 4.92 Å². The van der Waals surface area contributed by atoms with Gasteiger partial charge in [-0.3, -0.25) is 14.8 Å². The third-order valence-corrected chi connectivity index (χ3v) is 2.73. The number of nitro groups is 1. The number of nitrogens with one attached hydrogen (secondary N) is 1. The minimum atomic E-state index is -0.394. The number of benzene rings is 1. The van der Waals surface area contributed by atoms with E-state index in [1.54, 1.807) is 23.1 Å². The smallest absolute Gasteiger partial charge is 0.269 e. The van der Waals surface area contributed by atoms with E-state index in [-0.39, 0.29) is 5.69 Å². The Balaban J connectivity index is 1.94.